The first-order valence-corrected chi connectivity index (χ1v) is 11.8. The second-order valence-corrected chi connectivity index (χ2v) is 8.95. The number of para-hydroxylation sites is 1. The zero-order valence-electron chi connectivity index (χ0n) is 20.8. The maximum absolute atomic E-state index is 14.6. The van der Waals surface area contributed by atoms with Crippen molar-refractivity contribution >= 4 is 17.6 Å². The summed E-state index contributed by atoms with van der Waals surface area (Å²) in [7, 11) is 2.74. The van der Waals surface area contributed by atoms with Gasteiger partial charge in [-0.1, -0.05) is 48.5 Å². The fourth-order valence-electron chi connectivity index (χ4n) is 5.32. The van der Waals surface area contributed by atoms with Crippen LogP contribution in [0.15, 0.2) is 76.9 Å². The van der Waals surface area contributed by atoms with Gasteiger partial charge in [-0.2, -0.15) is 0 Å². The van der Waals surface area contributed by atoms with E-state index in [1.54, 1.807) is 49.3 Å². The van der Waals surface area contributed by atoms with Crippen molar-refractivity contribution in [1.82, 2.24) is 4.57 Å². The number of nitrogens with two attached hydrogens (primary N) is 1. The normalized spacial score (nSPS) is 18.0. The molecule has 2 aliphatic rings. The van der Waals surface area contributed by atoms with Crippen LogP contribution in [0.2, 0.25) is 0 Å². The van der Waals surface area contributed by atoms with Gasteiger partial charge in [0.25, 0.3) is 5.56 Å². The van der Waals surface area contributed by atoms with Gasteiger partial charge in [0, 0.05) is 36.7 Å². The third kappa shape index (κ3) is 3.54. The number of carbonyl (C=O) groups is 2. The smallest absolute Gasteiger partial charge is 0.340 e. The number of anilines is 1. The third-order valence-corrected chi connectivity index (χ3v) is 6.94. The Bertz CT molecular complexity index is 1490. The first kappa shape index (κ1) is 24.3. The molecule has 190 valence electrons. The van der Waals surface area contributed by atoms with E-state index >= 15 is 0 Å². The Morgan fingerprint density at radius 3 is 2.46 bits per heavy atom. The van der Waals surface area contributed by atoms with E-state index in [1.165, 1.54) is 11.7 Å². The van der Waals surface area contributed by atoms with Crippen molar-refractivity contribution in [3.63, 3.8) is 0 Å². The van der Waals surface area contributed by atoms with Gasteiger partial charge in [0.1, 0.15) is 16.7 Å². The lowest BCUT2D eigenvalue weighted by atomic mass is 9.68. The Morgan fingerprint density at radius 1 is 1.05 bits per heavy atom. The average molecular weight is 502 g/mol. The number of hydrogen-bond donors (Lipinski definition) is 1. The molecule has 0 radical (unpaired) electrons. The van der Waals surface area contributed by atoms with Crippen LogP contribution in [-0.4, -0.2) is 37.3 Å². The quantitative estimate of drug-likeness (QED) is 0.516. The molecular weight excluding hydrogens is 474 g/mol. The van der Waals surface area contributed by atoms with Crippen LogP contribution >= 0.6 is 0 Å². The Labute approximate surface area is 213 Å². The largest absolute Gasteiger partial charge is 0.465 e. The number of nitrogens with zero attached hydrogens (tertiary/aromatic N) is 2. The van der Waals surface area contributed by atoms with Gasteiger partial charge in [0.05, 0.1) is 25.8 Å². The predicted molar refractivity (Wildman–Crippen MR) is 136 cm³/mol. The van der Waals surface area contributed by atoms with E-state index in [1.807, 2.05) is 30.3 Å². The van der Waals surface area contributed by atoms with E-state index in [4.69, 9.17) is 19.9 Å². The number of ether oxygens (including phenoxy) is 3. The molecule has 3 heterocycles. The van der Waals surface area contributed by atoms with Gasteiger partial charge in [0.2, 0.25) is 11.8 Å². The highest BCUT2D eigenvalue weighted by molar-refractivity contribution is 6.18. The summed E-state index contributed by atoms with van der Waals surface area (Å²) in [5.74, 6) is -1.48. The van der Waals surface area contributed by atoms with E-state index in [-0.39, 0.29) is 42.5 Å². The molecule has 1 atom stereocenters. The number of methoxy groups -OCH3 is 2. The molecule has 0 bridgehead atoms. The second kappa shape index (κ2) is 9.25. The first-order chi connectivity index (χ1) is 17.9. The molecule has 0 saturated heterocycles. The molecule has 2 aromatic carbocycles. The summed E-state index contributed by atoms with van der Waals surface area (Å²) in [6.45, 7) is 2.52. The highest BCUT2D eigenvalue weighted by Crippen LogP contribution is 2.54. The Balaban J connectivity index is 1.85. The van der Waals surface area contributed by atoms with E-state index in [0.29, 0.717) is 16.9 Å². The van der Waals surface area contributed by atoms with Crippen LogP contribution in [0.5, 0.6) is 5.75 Å². The summed E-state index contributed by atoms with van der Waals surface area (Å²) in [5.41, 5.74) is 6.33. The molecule has 2 N–H and O–H groups in total. The van der Waals surface area contributed by atoms with Gasteiger partial charge >= 0.3 is 5.97 Å². The number of esters is 1. The SMILES string of the molecule is COCCn1c(C)cc2c(c1=O)C1(C(=O)N(Cc3ccccc3)c3ccccc31)C(C(=O)OC)=C(N)O2. The minimum atomic E-state index is -1.85. The van der Waals surface area contributed by atoms with Crippen molar-refractivity contribution < 1.29 is 23.8 Å². The molecule has 0 saturated carbocycles. The van der Waals surface area contributed by atoms with E-state index in [2.05, 4.69) is 0 Å². The topological polar surface area (TPSA) is 113 Å². The molecule has 1 amide bonds. The molecule has 9 nitrogen and oxygen atoms in total. The summed E-state index contributed by atoms with van der Waals surface area (Å²) >= 11 is 0. The van der Waals surface area contributed by atoms with E-state index in [9.17, 15) is 14.4 Å². The van der Waals surface area contributed by atoms with Crippen LogP contribution in [-0.2, 0) is 37.6 Å². The van der Waals surface area contributed by atoms with Crippen LogP contribution in [0.4, 0.5) is 5.69 Å². The zero-order chi connectivity index (χ0) is 26.3. The van der Waals surface area contributed by atoms with Crippen molar-refractivity contribution in [1.29, 1.82) is 0 Å². The molecule has 1 unspecified atom stereocenters. The first-order valence-electron chi connectivity index (χ1n) is 11.8. The summed E-state index contributed by atoms with van der Waals surface area (Å²) in [5, 5.41) is 0. The molecule has 2 aliphatic heterocycles. The van der Waals surface area contributed by atoms with Crippen LogP contribution in [0.1, 0.15) is 22.4 Å². The molecule has 5 rings (SSSR count). The predicted octanol–water partition coefficient (Wildman–Crippen LogP) is 2.37. The van der Waals surface area contributed by atoms with Gasteiger partial charge in [-0.05, 0) is 18.6 Å². The fourth-order valence-corrected chi connectivity index (χ4v) is 5.32. The molecule has 3 aromatic rings. The lowest BCUT2D eigenvalue weighted by molar-refractivity contribution is -0.138. The summed E-state index contributed by atoms with van der Waals surface area (Å²) in [4.78, 5) is 43.6. The number of amides is 1. The van der Waals surface area contributed by atoms with Crippen molar-refractivity contribution in [2.45, 2.75) is 25.4 Å². The summed E-state index contributed by atoms with van der Waals surface area (Å²) in [6.07, 6.45) is 0. The molecule has 37 heavy (non-hydrogen) atoms. The van der Waals surface area contributed by atoms with Crippen LogP contribution in [0.3, 0.4) is 0 Å². The fraction of sp³-hybridized carbons (Fsp3) is 0.250. The highest BCUT2D eigenvalue weighted by atomic mass is 16.5. The van der Waals surface area contributed by atoms with Crippen molar-refractivity contribution in [2.24, 2.45) is 5.73 Å². The van der Waals surface area contributed by atoms with Crippen molar-refractivity contribution in [3.05, 3.63) is 105 Å². The number of pyridine rings is 1. The molecule has 0 fully saturated rings. The number of benzene rings is 2. The van der Waals surface area contributed by atoms with E-state index in [0.717, 1.165) is 5.56 Å². The Kier molecular flexibility index (Phi) is 6.08. The third-order valence-electron chi connectivity index (χ3n) is 6.94. The number of aryl methyl sites for hydroxylation is 1. The monoisotopic (exact) mass is 501 g/mol. The summed E-state index contributed by atoms with van der Waals surface area (Å²) in [6, 6.07) is 18.2. The van der Waals surface area contributed by atoms with Gasteiger partial charge < -0.3 is 29.4 Å². The average Bonchev–Trinajstić information content (AvgIpc) is 3.12. The minimum absolute atomic E-state index is 0.0248. The van der Waals surface area contributed by atoms with Crippen LogP contribution in [0.25, 0.3) is 0 Å². The number of carbonyl (C=O) groups excluding carboxylic acids is 2. The minimum Gasteiger partial charge on any atom is -0.465 e. The zero-order valence-corrected chi connectivity index (χ0v) is 20.8. The molecule has 9 heteroatoms. The maximum Gasteiger partial charge on any atom is 0.340 e. The number of fused-ring (bicyclic) bond motifs is 4. The highest BCUT2D eigenvalue weighted by Gasteiger charge is 2.62. The van der Waals surface area contributed by atoms with Gasteiger partial charge in [-0.3, -0.25) is 9.59 Å². The van der Waals surface area contributed by atoms with Crippen LogP contribution in [0, 0.1) is 6.92 Å². The summed E-state index contributed by atoms with van der Waals surface area (Å²) < 4.78 is 17.6. The van der Waals surface area contributed by atoms with Gasteiger partial charge in [0.15, 0.2) is 0 Å². The standard InChI is InChI=1S/C28H27N3O6/c1-17-15-21-22(25(32)30(17)13-14-35-2)28(23(24(29)37-21)26(33)36-3)19-11-7-8-12-20(19)31(27(28)34)16-18-9-5-4-6-10-18/h4-12,15H,13-14,16,29H2,1-3H3. The van der Waals surface area contributed by atoms with Crippen LogP contribution < -0.4 is 20.9 Å². The van der Waals surface area contributed by atoms with Crippen molar-refractivity contribution in [2.75, 3.05) is 25.7 Å². The van der Waals surface area contributed by atoms with E-state index < -0.39 is 22.9 Å². The molecule has 1 spiro atoms. The second-order valence-electron chi connectivity index (χ2n) is 8.95. The molecular formula is C28H27N3O6. The van der Waals surface area contributed by atoms with Crippen molar-refractivity contribution in [3.8, 4) is 5.75 Å². The number of aromatic nitrogens is 1. The lowest BCUT2D eigenvalue weighted by Gasteiger charge is -2.36. The maximum atomic E-state index is 14.6. The Morgan fingerprint density at radius 2 is 1.76 bits per heavy atom. The Hall–Kier alpha value is -4.37. The molecule has 0 aliphatic carbocycles. The van der Waals surface area contributed by atoms with Gasteiger partial charge in [-0.25, -0.2) is 4.79 Å². The lowest BCUT2D eigenvalue weighted by Crippen LogP contribution is -2.52. The van der Waals surface area contributed by atoms with Gasteiger partial charge in [-0.15, -0.1) is 0 Å². The number of rotatable bonds is 6. The molecule has 1 aromatic heterocycles. The number of hydrogen-bond acceptors (Lipinski definition) is 7.